The molecule has 1 aliphatic heterocycles. The number of benzene rings is 1. The Balaban J connectivity index is 1.38. The Labute approximate surface area is 145 Å². The normalized spacial score (nSPS) is 16.1. The molecule has 0 spiro atoms. The molecule has 2 aromatic heterocycles. The zero-order chi connectivity index (χ0) is 17.1. The van der Waals surface area contributed by atoms with Crippen molar-refractivity contribution < 1.29 is 9.53 Å². The SMILES string of the molecule is O=C(N[C@@H]1CCc2nccn2C1)c1ccc(Oc2ccccc2)nc1. The number of pyridine rings is 1. The molecule has 25 heavy (non-hydrogen) atoms. The van der Waals surface area contributed by atoms with E-state index in [1.165, 1.54) is 0 Å². The maximum absolute atomic E-state index is 12.4. The molecule has 3 aromatic rings. The maximum Gasteiger partial charge on any atom is 0.253 e. The van der Waals surface area contributed by atoms with E-state index in [0.29, 0.717) is 17.2 Å². The Kier molecular flexibility index (Phi) is 4.16. The second-order valence-electron chi connectivity index (χ2n) is 6.01. The van der Waals surface area contributed by atoms with Crippen LogP contribution < -0.4 is 10.1 Å². The molecule has 0 saturated carbocycles. The van der Waals surface area contributed by atoms with E-state index in [4.69, 9.17) is 4.74 Å². The second kappa shape index (κ2) is 6.76. The minimum Gasteiger partial charge on any atom is -0.439 e. The lowest BCUT2D eigenvalue weighted by Crippen LogP contribution is -2.40. The molecule has 3 heterocycles. The van der Waals surface area contributed by atoms with Gasteiger partial charge < -0.3 is 14.6 Å². The summed E-state index contributed by atoms with van der Waals surface area (Å²) in [4.78, 5) is 20.9. The Morgan fingerprint density at radius 3 is 2.84 bits per heavy atom. The topological polar surface area (TPSA) is 69.0 Å². The van der Waals surface area contributed by atoms with Gasteiger partial charge in [0.05, 0.1) is 5.56 Å². The highest BCUT2D eigenvalue weighted by Gasteiger charge is 2.21. The summed E-state index contributed by atoms with van der Waals surface area (Å²) in [6, 6.07) is 13.0. The third-order valence-corrected chi connectivity index (χ3v) is 4.23. The van der Waals surface area contributed by atoms with Gasteiger partial charge >= 0.3 is 0 Å². The van der Waals surface area contributed by atoms with Crippen molar-refractivity contribution in [2.24, 2.45) is 0 Å². The Morgan fingerprint density at radius 2 is 2.04 bits per heavy atom. The third-order valence-electron chi connectivity index (χ3n) is 4.23. The summed E-state index contributed by atoms with van der Waals surface area (Å²) in [5.74, 6) is 2.14. The zero-order valence-electron chi connectivity index (χ0n) is 13.6. The largest absolute Gasteiger partial charge is 0.439 e. The molecule has 0 unspecified atom stereocenters. The number of fused-ring (bicyclic) bond motifs is 1. The number of rotatable bonds is 4. The minimum atomic E-state index is -0.118. The van der Waals surface area contributed by atoms with Crippen LogP contribution in [0.25, 0.3) is 0 Å². The van der Waals surface area contributed by atoms with Crippen molar-refractivity contribution in [3.8, 4) is 11.6 Å². The van der Waals surface area contributed by atoms with E-state index >= 15 is 0 Å². The fourth-order valence-electron chi connectivity index (χ4n) is 2.94. The van der Waals surface area contributed by atoms with Crippen LogP contribution in [-0.2, 0) is 13.0 Å². The number of imidazole rings is 1. The van der Waals surface area contributed by atoms with Crippen LogP contribution in [-0.4, -0.2) is 26.5 Å². The van der Waals surface area contributed by atoms with Crippen molar-refractivity contribution in [3.05, 3.63) is 72.4 Å². The van der Waals surface area contributed by atoms with Crippen molar-refractivity contribution >= 4 is 5.91 Å². The predicted octanol–water partition coefficient (Wildman–Crippen LogP) is 2.82. The molecule has 6 heteroatoms. The molecular formula is C19H18N4O2. The first kappa shape index (κ1) is 15.4. The average Bonchev–Trinajstić information content (AvgIpc) is 3.11. The third kappa shape index (κ3) is 3.52. The van der Waals surface area contributed by atoms with Crippen LogP contribution in [0.2, 0.25) is 0 Å². The van der Waals surface area contributed by atoms with Crippen LogP contribution in [0.15, 0.2) is 61.1 Å². The van der Waals surface area contributed by atoms with Crippen molar-refractivity contribution in [2.45, 2.75) is 25.4 Å². The molecule has 4 rings (SSSR count). The molecule has 0 bridgehead atoms. The number of ether oxygens (including phenoxy) is 1. The standard InChI is InChI=1S/C19H18N4O2/c24-19(22-15-7-8-17-20-10-11-23(17)13-15)14-6-9-18(21-12-14)25-16-4-2-1-3-5-16/h1-6,9-12,15H,7-8,13H2,(H,22,24)/t15-/m1/s1. The summed E-state index contributed by atoms with van der Waals surface area (Å²) in [6.45, 7) is 0.754. The van der Waals surface area contributed by atoms with Crippen LogP contribution in [0.3, 0.4) is 0 Å². The first-order valence-corrected chi connectivity index (χ1v) is 8.28. The Bertz CT molecular complexity index is 859. The summed E-state index contributed by atoms with van der Waals surface area (Å²) in [5.41, 5.74) is 0.525. The molecule has 0 saturated heterocycles. The highest BCUT2D eigenvalue weighted by atomic mass is 16.5. The molecule has 0 fully saturated rings. The number of amides is 1. The van der Waals surface area contributed by atoms with E-state index in [9.17, 15) is 4.79 Å². The minimum absolute atomic E-state index is 0.106. The lowest BCUT2D eigenvalue weighted by atomic mass is 10.1. The lowest BCUT2D eigenvalue weighted by molar-refractivity contribution is 0.0927. The highest BCUT2D eigenvalue weighted by molar-refractivity contribution is 5.94. The van der Waals surface area contributed by atoms with Gasteiger partial charge in [-0.3, -0.25) is 4.79 Å². The zero-order valence-corrected chi connectivity index (χ0v) is 13.6. The lowest BCUT2D eigenvalue weighted by Gasteiger charge is -2.24. The van der Waals surface area contributed by atoms with Crippen molar-refractivity contribution in [1.29, 1.82) is 0 Å². The van der Waals surface area contributed by atoms with Crippen LogP contribution >= 0.6 is 0 Å². The number of para-hydroxylation sites is 1. The van der Waals surface area contributed by atoms with Crippen LogP contribution in [0.4, 0.5) is 0 Å². The van der Waals surface area contributed by atoms with Crippen LogP contribution in [0, 0.1) is 0 Å². The number of hydrogen-bond acceptors (Lipinski definition) is 4. The summed E-state index contributed by atoms with van der Waals surface area (Å²) in [6.07, 6.45) is 7.06. The summed E-state index contributed by atoms with van der Waals surface area (Å²) in [5, 5.41) is 3.07. The van der Waals surface area contributed by atoms with Gasteiger partial charge in [-0.15, -0.1) is 0 Å². The van der Waals surface area contributed by atoms with Gasteiger partial charge in [0.15, 0.2) is 0 Å². The molecule has 0 radical (unpaired) electrons. The monoisotopic (exact) mass is 334 g/mol. The summed E-state index contributed by atoms with van der Waals surface area (Å²) >= 11 is 0. The van der Waals surface area contributed by atoms with E-state index in [-0.39, 0.29) is 11.9 Å². The quantitative estimate of drug-likeness (QED) is 0.796. The molecule has 0 aliphatic carbocycles. The van der Waals surface area contributed by atoms with E-state index in [2.05, 4.69) is 19.9 Å². The number of nitrogens with one attached hydrogen (secondary N) is 1. The fraction of sp³-hybridized carbons (Fsp3) is 0.211. The van der Waals surface area contributed by atoms with E-state index < -0.39 is 0 Å². The van der Waals surface area contributed by atoms with Gasteiger partial charge in [0.2, 0.25) is 5.88 Å². The number of aromatic nitrogens is 3. The fourth-order valence-corrected chi connectivity index (χ4v) is 2.94. The molecule has 6 nitrogen and oxygen atoms in total. The van der Waals surface area contributed by atoms with Crippen molar-refractivity contribution in [3.63, 3.8) is 0 Å². The number of carbonyl (C=O) groups excluding carboxylic acids is 1. The Hall–Kier alpha value is -3.15. The number of nitrogens with zero attached hydrogens (tertiary/aromatic N) is 3. The Morgan fingerprint density at radius 1 is 1.16 bits per heavy atom. The van der Waals surface area contributed by atoms with E-state index in [0.717, 1.165) is 25.2 Å². The molecule has 1 N–H and O–H groups in total. The first-order chi connectivity index (χ1) is 12.3. The highest BCUT2D eigenvalue weighted by Crippen LogP contribution is 2.19. The predicted molar refractivity (Wildman–Crippen MR) is 92.6 cm³/mol. The molecule has 1 aliphatic rings. The van der Waals surface area contributed by atoms with Crippen molar-refractivity contribution in [1.82, 2.24) is 19.9 Å². The number of aryl methyl sites for hydroxylation is 1. The van der Waals surface area contributed by atoms with Crippen LogP contribution in [0.1, 0.15) is 22.6 Å². The molecule has 1 amide bonds. The second-order valence-corrected chi connectivity index (χ2v) is 6.01. The van der Waals surface area contributed by atoms with Gasteiger partial charge in [0.1, 0.15) is 11.6 Å². The van der Waals surface area contributed by atoms with Gasteiger partial charge in [0, 0.05) is 43.7 Å². The van der Waals surface area contributed by atoms with E-state index in [1.54, 1.807) is 24.5 Å². The number of carbonyl (C=O) groups is 1. The van der Waals surface area contributed by atoms with Gasteiger partial charge in [-0.1, -0.05) is 18.2 Å². The molecule has 1 aromatic carbocycles. The van der Waals surface area contributed by atoms with Gasteiger partial charge in [-0.05, 0) is 24.6 Å². The van der Waals surface area contributed by atoms with Gasteiger partial charge in [-0.25, -0.2) is 9.97 Å². The van der Waals surface area contributed by atoms with Gasteiger partial charge in [0.25, 0.3) is 5.91 Å². The smallest absolute Gasteiger partial charge is 0.253 e. The molecule has 1 atom stereocenters. The summed E-state index contributed by atoms with van der Waals surface area (Å²) in [7, 11) is 0. The average molecular weight is 334 g/mol. The van der Waals surface area contributed by atoms with Crippen molar-refractivity contribution in [2.75, 3.05) is 0 Å². The van der Waals surface area contributed by atoms with E-state index in [1.807, 2.05) is 36.5 Å². The summed E-state index contributed by atoms with van der Waals surface area (Å²) < 4.78 is 7.73. The first-order valence-electron chi connectivity index (χ1n) is 8.28. The number of hydrogen-bond donors (Lipinski definition) is 1. The molecule has 126 valence electrons. The maximum atomic E-state index is 12.4. The van der Waals surface area contributed by atoms with Gasteiger partial charge in [-0.2, -0.15) is 0 Å². The van der Waals surface area contributed by atoms with Crippen LogP contribution in [0.5, 0.6) is 11.6 Å². The molecular weight excluding hydrogens is 316 g/mol.